The maximum atomic E-state index is 5.46. The highest BCUT2D eigenvalue weighted by atomic mass is 32.2. The van der Waals surface area contributed by atoms with E-state index in [1.807, 2.05) is 25.6 Å². The molecule has 1 aromatic rings. The predicted molar refractivity (Wildman–Crippen MR) is 70.7 cm³/mol. The van der Waals surface area contributed by atoms with E-state index in [4.69, 9.17) is 6.42 Å². The molecule has 0 saturated heterocycles. The number of benzene rings is 1. The van der Waals surface area contributed by atoms with Crippen LogP contribution in [-0.4, -0.2) is 17.3 Å². The predicted octanol–water partition coefficient (Wildman–Crippen LogP) is 2.70. The molecular weight excluding hydrogens is 214 g/mol. The lowest BCUT2D eigenvalue weighted by Crippen LogP contribution is -2.41. The number of nitrogens with one attached hydrogen (secondary N) is 1. The van der Waals surface area contributed by atoms with Gasteiger partial charge in [0.05, 0.1) is 5.54 Å². The average Bonchev–Trinajstić information content (AvgIpc) is 2.69. The molecule has 0 bridgehead atoms. The zero-order valence-electron chi connectivity index (χ0n) is 9.79. The number of terminal acetylenes is 1. The Morgan fingerprint density at radius 1 is 1.50 bits per heavy atom. The van der Waals surface area contributed by atoms with E-state index in [0.717, 1.165) is 13.0 Å². The van der Waals surface area contributed by atoms with E-state index in [9.17, 15) is 0 Å². The van der Waals surface area contributed by atoms with E-state index in [-0.39, 0.29) is 5.54 Å². The first-order valence-electron chi connectivity index (χ1n) is 5.58. The summed E-state index contributed by atoms with van der Waals surface area (Å²) in [6.07, 6.45) is 6.60. The van der Waals surface area contributed by atoms with Crippen LogP contribution in [-0.2, 0) is 6.42 Å². The number of fused-ring (bicyclic) bond motifs is 1. The van der Waals surface area contributed by atoms with Crippen LogP contribution in [0.25, 0.3) is 0 Å². The Balaban J connectivity index is 1.91. The summed E-state index contributed by atoms with van der Waals surface area (Å²) in [4.78, 5) is 1.42. The maximum absolute atomic E-state index is 5.46. The summed E-state index contributed by atoms with van der Waals surface area (Å²) in [5, 5.41) is 4.04. The van der Waals surface area contributed by atoms with Gasteiger partial charge < -0.3 is 5.32 Å². The van der Waals surface area contributed by atoms with Gasteiger partial charge >= 0.3 is 0 Å². The van der Waals surface area contributed by atoms with Crippen molar-refractivity contribution >= 4 is 11.8 Å². The fraction of sp³-hybridized carbons (Fsp3) is 0.429. The van der Waals surface area contributed by atoms with E-state index >= 15 is 0 Å². The van der Waals surface area contributed by atoms with Crippen LogP contribution in [0.4, 0.5) is 0 Å². The lowest BCUT2D eigenvalue weighted by Gasteiger charge is -2.21. The first kappa shape index (κ1) is 11.6. The van der Waals surface area contributed by atoms with Crippen molar-refractivity contribution in [2.24, 2.45) is 0 Å². The van der Waals surface area contributed by atoms with Crippen molar-refractivity contribution in [2.75, 3.05) is 6.54 Å². The van der Waals surface area contributed by atoms with E-state index in [1.54, 1.807) is 0 Å². The third-order valence-electron chi connectivity index (χ3n) is 2.85. The molecule has 0 radical (unpaired) electrons. The highest BCUT2D eigenvalue weighted by molar-refractivity contribution is 8.00. The zero-order valence-corrected chi connectivity index (χ0v) is 10.6. The summed E-state index contributed by atoms with van der Waals surface area (Å²) in [5.74, 6) is 2.77. The van der Waals surface area contributed by atoms with E-state index in [1.165, 1.54) is 10.5 Å². The summed E-state index contributed by atoms with van der Waals surface area (Å²) < 4.78 is 0. The minimum atomic E-state index is -0.199. The molecule has 1 aromatic carbocycles. The third kappa shape index (κ3) is 2.61. The number of rotatable bonds is 3. The smallest absolute Gasteiger partial charge is 0.0741 e. The van der Waals surface area contributed by atoms with Gasteiger partial charge in [-0.15, -0.1) is 18.2 Å². The van der Waals surface area contributed by atoms with E-state index in [2.05, 4.69) is 35.5 Å². The van der Waals surface area contributed by atoms with Gasteiger partial charge in [0.1, 0.15) is 0 Å². The lowest BCUT2D eigenvalue weighted by molar-refractivity contribution is 0.490. The van der Waals surface area contributed by atoms with Crippen LogP contribution in [0.15, 0.2) is 29.2 Å². The second-order valence-corrected chi connectivity index (χ2v) is 6.04. The molecule has 1 N–H and O–H groups in total. The average molecular weight is 231 g/mol. The van der Waals surface area contributed by atoms with Gasteiger partial charge in [-0.2, -0.15) is 0 Å². The largest absolute Gasteiger partial charge is 0.300 e. The van der Waals surface area contributed by atoms with Gasteiger partial charge in [0.15, 0.2) is 0 Å². The molecule has 1 aliphatic heterocycles. The van der Waals surface area contributed by atoms with Gasteiger partial charge in [-0.1, -0.05) is 24.1 Å². The first-order valence-corrected chi connectivity index (χ1v) is 6.46. The Bertz CT molecular complexity index is 392. The molecule has 0 aromatic heterocycles. The van der Waals surface area contributed by atoms with Crippen LogP contribution in [0.5, 0.6) is 0 Å². The molecule has 0 fully saturated rings. The van der Waals surface area contributed by atoms with Crippen LogP contribution < -0.4 is 5.32 Å². The third-order valence-corrected chi connectivity index (χ3v) is 4.17. The molecule has 1 heterocycles. The topological polar surface area (TPSA) is 12.0 Å². The summed E-state index contributed by atoms with van der Waals surface area (Å²) in [6, 6.07) is 8.63. The molecule has 16 heavy (non-hydrogen) atoms. The van der Waals surface area contributed by atoms with Crippen LogP contribution >= 0.6 is 11.8 Å². The summed E-state index contributed by atoms with van der Waals surface area (Å²) in [6.45, 7) is 5.05. The van der Waals surface area contributed by atoms with Crippen LogP contribution in [0.3, 0.4) is 0 Å². The molecular formula is C14H17NS. The number of thioether (sulfide) groups is 1. The van der Waals surface area contributed by atoms with Gasteiger partial charge in [-0.3, -0.25) is 0 Å². The molecule has 1 atom stereocenters. The van der Waals surface area contributed by atoms with Crippen LogP contribution in [0.2, 0.25) is 0 Å². The molecule has 2 rings (SSSR count). The van der Waals surface area contributed by atoms with E-state index < -0.39 is 0 Å². The molecule has 0 aliphatic carbocycles. The second-order valence-electron chi connectivity index (χ2n) is 4.70. The fourth-order valence-corrected chi connectivity index (χ4v) is 3.04. The molecule has 2 heteroatoms. The Kier molecular flexibility index (Phi) is 3.28. The Morgan fingerprint density at radius 2 is 2.25 bits per heavy atom. The van der Waals surface area contributed by atoms with Gasteiger partial charge in [0.2, 0.25) is 0 Å². The Hall–Kier alpha value is -0.910. The monoisotopic (exact) mass is 231 g/mol. The number of hydrogen-bond acceptors (Lipinski definition) is 2. The molecule has 1 unspecified atom stereocenters. The Morgan fingerprint density at radius 3 is 2.94 bits per heavy atom. The summed E-state index contributed by atoms with van der Waals surface area (Å²) in [7, 11) is 0. The van der Waals surface area contributed by atoms with Crippen LogP contribution in [0, 0.1) is 12.3 Å². The van der Waals surface area contributed by atoms with Crippen LogP contribution in [0.1, 0.15) is 19.4 Å². The zero-order chi connectivity index (χ0) is 11.6. The van der Waals surface area contributed by atoms with Crippen molar-refractivity contribution in [3.05, 3.63) is 29.8 Å². The minimum absolute atomic E-state index is 0.199. The van der Waals surface area contributed by atoms with Gasteiger partial charge in [0.25, 0.3) is 0 Å². The van der Waals surface area contributed by atoms with Crippen molar-refractivity contribution in [3.63, 3.8) is 0 Å². The van der Waals surface area contributed by atoms with Crippen molar-refractivity contribution < 1.29 is 0 Å². The van der Waals surface area contributed by atoms with E-state index in [0.29, 0.717) is 5.25 Å². The van der Waals surface area contributed by atoms with Crippen molar-refractivity contribution in [3.8, 4) is 12.3 Å². The highest BCUT2D eigenvalue weighted by Crippen LogP contribution is 2.36. The van der Waals surface area contributed by atoms with Crippen molar-refractivity contribution in [2.45, 2.75) is 36.0 Å². The van der Waals surface area contributed by atoms with Gasteiger partial charge in [0, 0.05) is 16.7 Å². The minimum Gasteiger partial charge on any atom is -0.300 e. The van der Waals surface area contributed by atoms with Crippen molar-refractivity contribution in [1.29, 1.82) is 0 Å². The molecule has 84 valence electrons. The highest BCUT2D eigenvalue weighted by Gasteiger charge is 2.23. The number of hydrogen-bond donors (Lipinski definition) is 1. The molecule has 1 nitrogen and oxygen atoms in total. The SMILES string of the molecule is C#CC(C)(C)NCC1Cc2ccccc2S1. The fourth-order valence-electron chi connectivity index (χ4n) is 1.79. The molecule has 1 aliphatic rings. The maximum Gasteiger partial charge on any atom is 0.0741 e. The molecule has 0 saturated carbocycles. The molecule has 0 spiro atoms. The second kappa shape index (κ2) is 4.53. The summed E-state index contributed by atoms with van der Waals surface area (Å²) >= 11 is 1.96. The Labute approximate surface area is 102 Å². The first-order chi connectivity index (χ1) is 7.61. The normalized spacial score (nSPS) is 19.2. The lowest BCUT2D eigenvalue weighted by atomic mass is 10.1. The quantitative estimate of drug-likeness (QED) is 0.803. The van der Waals surface area contributed by atoms with Gasteiger partial charge in [-0.05, 0) is 31.9 Å². The standard InChI is InChI=1S/C14H17NS/c1-4-14(2,3)15-10-12-9-11-7-5-6-8-13(11)16-12/h1,5-8,12,15H,9-10H2,2-3H3. The van der Waals surface area contributed by atoms with Gasteiger partial charge in [-0.25, -0.2) is 0 Å². The van der Waals surface area contributed by atoms with Crippen molar-refractivity contribution in [1.82, 2.24) is 5.32 Å². The summed E-state index contributed by atoms with van der Waals surface area (Å²) in [5.41, 5.74) is 1.27. The molecule has 0 amide bonds.